The van der Waals surface area contributed by atoms with Crippen LogP contribution in [0.4, 0.5) is 0 Å². The summed E-state index contributed by atoms with van der Waals surface area (Å²) < 4.78 is 0. The Kier molecular flexibility index (Phi) is 10.1. The van der Waals surface area contributed by atoms with E-state index in [1.807, 2.05) is 0 Å². The van der Waals surface area contributed by atoms with Crippen molar-refractivity contribution >= 4 is 0 Å². The summed E-state index contributed by atoms with van der Waals surface area (Å²) in [7, 11) is 0. The second-order valence-electron chi connectivity index (χ2n) is 6.77. The summed E-state index contributed by atoms with van der Waals surface area (Å²) in [6.45, 7) is 4.75. The Hall–Kier alpha value is 1.92. The van der Waals surface area contributed by atoms with Crippen LogP contribution in [0.2, 0.25) is 0 Å². The average molecular weight is 284 g/mol. The molecule has 0 unspecified atom stereocenters. The van der Waals surface area contributed by atoms with Crippen molar-refractivity contribution in [2.45, 2.75) is 77.4 Å². The van der Waals surface area contributed by atoms with Gasteiger partial charge in [0.15, 0.2) is 0 Å². The smallest absolute Gasteiger partial charge is 0.852 e. The van der Waals surface area contributed by atoms with Gasteiger partial charge in [0, 0.05) is 0 Å². The second-order valence-corrected chi connectivity index (χ2v) is 6.77. The second kappa shape index (κ2) is 9.15. The quantitative estimate of drug-likeness (QED) is 0.484. The molecule has 0 spiro atoms. The van der Waals surface area contributed by atoms with Crippen molar-refractivity contribution in [2.24, 2.45) is 17.3 Å². The predicted molar refractivity (Wildman–Crippen MR) is 65.3 cm³/mol. The summed E-state index contributed by atoms with van der Waals surface area (Å²) in [4.78, 5) is 0. The van der Waals surface area contributed by atoms with Crippen LogP contribution in [0, 0.1) is 17.3 Å². The van der Waals surface area contributed by atoms with Gasteiger partial charge in [-0.2, -0.15) is 0 Å². The first kappa shape index (κ1) is 20.9. The van der Waals surface area contributed by atoms with E-state index < -0.39 is 0 Å². The SMILES string of the molecule is CC(C)(C1CCC([O-])CC1)C1CCC([O-])CC1.[Na+].[Na+]. The van der Waals surface area contributed by atoms with Crippen molar-refractivity contribution in [3.8, 4) is 0 Å². The molecule has 0 radical (unpaired) electrons. The van der Waals surface area contributed by atoms with Crippen LogP contribution < -0.4 is 69.3 Å². The molecular weight excluding hydrogens is 258 g/mol. The van der Waals surface area contributed by atoms with E-state index in [0.29, 0.717) is 17.3 Å². The topological polar surface area (TPSA) is 46.1 Å². The van der Waals surface area contributed by atoms with Gasteiger partial charge in [-0.1, -0.05) is 65.2 Å². The molecule has 2 nitrogen and oxygen atoms in total. The summed E-state index contributed by atoms with van der Waals surface area (Å²) >= 11 is 0. The molecule has 0 atom stereocenters. The fourth-order valence-electron chi connectivity index (χ4n) is 3.95. The molecule has 2 saturated carbocycles. The van der Waals surface area contributed by atoms with E-state index >= 15 is 0 Å². The third kappa shape index (κ3) is 5.56. The molecule has 4 heteroatoms. The zero-order chi connectivity index (χ0) is 12.5. The Morgan fingerprint density at radius 2 is 0.895 bits per heavy atom. The summed E-state index contributed by atoms with van der Waals surface area (Å²) in [6.07, 6.45) is 7.29. The Morgan fingerprint density at radius 1 is 0.632 bits per heavy atom. The van der Waals surface area contributed by atoms with Crippen LogP contribution in [0.5, 0.6) is 0 Å². The van der Waals surface area contributed by atoms with E-state index in [2.05, 4.69) is 13.8 Å². The van der Waals surface area contributed by atoms with E-state index in [0.717, 1.165) is 51.4 Å². The van der Waals surface area contributed by atoms with E-state index in [9.17, 15) is 10.2 Å². The molecule has 0 amide bonds. The zero-order valence-corrected chi connectivity index (χ0v) is 17.3. The van der Waals surface area contributed by atoms with Gasteiger partial charge < -0.3 is 10.2 Å². The Morgan fingerprint density at radius 3 is 1.16 bits per heavy atom. The molecule has 0 bridgehead atoms. The first-order valence-electron chi connectivity index (χ1n) is 7.31. The summed E-state index contributed by atoms with van der Waals surface area (Å²) in [6, 6.07) is 0. The minimum Gasteiger partial charge on any atom is -0.852 e. The van der Waals surface area contributed by atoms with Gasteiger partial charge in [-0.3, -0.25) is 0 Å². The number of hydrogen-bond donors (Lipinski definition) is 0. The minimum atomic E-state index is -0.306. The van der Waals surface area contributed by atoms with Crippen LogP contribution in [0.3, 0.4) is 0 Å². The van der Waals surface area contributed by atoms with Crippen LogP contribution in [-0.4, -0.2) is 12.2 Å². The van der Waals surface area contributed by atoms with Crippen LogP contribution in [0.1, 0.15) is 65.2 Å². The van der Waals surface area contributed by atoms with E-state index in [1.165, 1.54) is 0 Å². The molecule has 0 aliphatic heterocycles. The maximum atomic E-state index is 11.4. The van der Waals surface area contributed by atoms with Gasteiger partial charge >= 0.3 is 59.1 Å². The van der Waals surface area contributed by atoms with Gasteiger partial charge in [-0.25, -0.2) is 0 Å². The monoisotopic (exact) mass is 284 g/mol. The summed E-state index contributed by atoms with van der Waals surface area (Å²) in [5, 5.41) is 22.8. The molecule has 0 aromatic rings. The van der Waals surface area contributed by atoms with E-state index in [-0.39, 0.29) is 71.3 Å². The Bertz CT molecular complexity index is 219. The Balaban J connectivity index is 0.00000162. The standard InChI is InChI=1S/C15H26O2.2Na/c1-15(2,11-3-7-13(16)8-4-11)12-5-9-14(17)10-6-12;;/h11-14H,3-10H2,1-2H3;;/q-2;2*+1. The van der Waals surface area contributed by atoms with Crippen molar-refractivity contribution < 1.29 is 69.3 Å². The fraction of sp³-hybridized carbons (Fsp3) is 1.00. The largest absolute Gasteiger partial charge is 1.00 e. The van der Waals surface area contributed by atoms with Gasteiger partial charge in [0.05, 0.1) is 0 Å². The third-order valence-corrected chi connectivity index (χ3v) is 5.45. The van der Waals surface area contributed by atoms with Gasteiger partial charge in [-0.15, -0.1) is 12.2 Å². The first-order valence-corrected chi connectivity index (χ1v) is 7.31. The summed E-state index contributed by atoms with van der Waals surface area (Å²) in [5.74, 6) is 1.42. The molecular formula is C15H26Na2O2. The maximum Gasteiger partial charge on any atom is 1.00 e. The van der Waals surface area contributed by atoms with Crippen molar-refractivity contribution in [3.63, 3.8) is 0 Å². The molecule has 0 saturated heterocycles. The predicted octanol–water partition coefficient (Wildman–Crippen LogP) is -4.14. The maximum absolute atomic E-state index is 11.4. The van der Waals surface area contributed by atoms with Crippen LogP contribution >= 0.6 is 0 Å². The molecule has 0 heterocycles. The van der Waals surface area contributed by atoms with Crippen LogP contribution in [0.25, 0.3) is 0 Å². The molecule has 2 rings (SSSR count). The minimum absolute atomic E-state index is 0. The zero-order valence-electron chi connectivity index (χ0n) is 13.3. The molecule has 2 fully saturated rings. The van der Waals surface area contributed by atoms with Crippen molar-refractivity contribution in [2.75, 3.05) is 0 Å². The van der Waals surface area contributed by atoms with Gasteiger partial charge in [-0.05, 0) is 17.3 Å². The molecule has 19 heavy (non-hydrogen) atoms. The first-order chi connectivity index (χ1) is 8.00. The third-order valence-electron chi connectivity index (χ3n) is 5.45. The summed E-state index contributed by atoms with van der Waals surface area (Å²) in [5.41, 5.74) is 0.334. The molecule has 0 aromatic heterocycles. The normalized spacial score (nSPS) is 36.0. The fourth-order valence-corrected chi connectivity index (χ4v) is 3.95. The Labute approximate surface area is 162 Å². The number of hydrogen-bond acceptors (Lipinski definition) is 2. The molecule has 2 aliphatic rings. The molecule has 100 valence electrons. The van der Waals surface area contributed by atoms with E-state index in [4.69, 9.17) is 0 Å². The average Bonchev–Trinajstić information content (AvgIpc) is 2.30. The van der Waals surface area contributed by atoms with Crippen molar-refractivity contribution in [1.29, 1.82) is 0 Å². The van der Waals surface area contributed by atoms with Gasteiger partial charge in [0.25, 0.3) is 0 Å². The van der Waals surface area contributed by atoms with E-state index in [1.54, 1.807) is 0 Å². The number of rotatable bonds is 2. The van der Waals surface area contributed by atoms with Gasteiger partial charge in [0.2, 0.25) is 0 Å². The van der Waals surface area contributed by atoms with Crippen molar-refractivity contribution in [3.05, 3.63) is 0 Å². The van der Waals surface area contributed by atoms with Crippen molar-refractivity contribution in [1.82, 2.24) is 0 Å². The molecule has 0 N–H and O–H groups in total. The molecule has 2 aliphatic carbocycles. The van der Waals surface area contributed by atoms with Gasteiger partial charge in [0.1, 0.15) is 0 Å². The van der Waals surface area contributed by atoms with Crippen LogP contribution in [0.15, 0.2) is 0 Å². The molecule has 0 aromatic carbocycles. The van der Waals surface area contributed by atoms with Crippen LogP contribution in [-0.2, 0) is 0 Å².